The number of nitrogens with one attached hydrogen (secondary N) is 1. The Kier molecular flexibility index (Phi) is 6.00. The fraction of sp³-hybridized carbons (Fsp3) is 0.938. The fourth-order valence-corrected chi connectivity index (χ4v) is 3.37. The quantitative estimate of drug-likeness (QED) is 0.720. The van der Waals surface area contributed by atoms with Crippen LogP contribution in [-0.4, -0.2) is 41.4 Å². The Morgan fingerprint density at radius 2 is 1.84 bits per heavy atom. The third-order valence-corrected chi connectivity index (χ3v) is 5.12. The van der Waals surface area contributed by atoms with Crippen LogP contribution in [0.2, 0.25) is 0 Å². The Morgan fingerprint density at radius 1 is 1.21 bits per heavy atom. The number of carbonyl (C=O) groups excluding carboxylic acids is 1. The molecule has 0 amide bonds. The maximum Gasteiger partial charge on any atom is 0.139 e. The molecule has 112 valence electrons. The second-order valence-electron chi connectivity index (χ2n) is 6.29. The van der Waals surface area contributed by atoms with Crippen LogP contribution in [0.15, 0.2) is 0 Å². The summed E-state index contributed by atoms with van der Waals surface area (Å²) in [5.41, 5.74) is 0.0672. The van der Waals surface area contributed by atoms with Gasteiger partial charge in [0, 0.05) is 17.6 Å². The smallest absolute Gasteiger partial charge is 0.139 e. The van der Waals surface area contributed by atoms with Crippen molar-refractivity contribution in [3.8, 4) is 0 Å². The molecule has 3 nitrogen and oxygen atoms in total. The van der Waals surface area contributed by atoms with Crippen molar-refractivity contribution in [3.05, 3.63) is 0 Å². The van der Waals surface area contributed by atoms with Gasteiger partial charge in [0.15, 0.2) is 0 Å². The third-order valence-electron chi connectivity index (χ3n) is 5.12. The van der Waals surface area contributed by atoms with Crippen molar-refractivity contribution in [1.29, 1.82) is 0 Å². The van der Waals surface area contributed by atoms with E-state index in [0.29, 0.717) is 0 Å². The average molecular weight is 268 g/mol. The maximum absolute atomic E-state index is 11.6. The van der Waals surface area contributed by atoms with E-state index in [9.17, 15) is 4.79 Å². The molecule has 0 spiro atoms. The largest absolute Gasteiger partial charge is 0.303 e. The summed E-state index contributed by atoms with van der Waals surface area (Å²) in [6, 6.07) is 0.00951. The highest BCUT2D eigenvalue weighted by atomic mass is 16.1. The lowest BCUT2D eigenvalue weighted by molar-refractivity contribution is -0.119. The van der Waals surface area contributed by atoms with Crippen LogP contribution in [0.3, 0.4) is 0 Å². The zero-order chi connectivity index (χ0) is 14.5. The van der Waals surface area contributed by atoms with Crippen LogP contribution in [0.5, 0.6) is 0 Å². The molecule has 1 fully saturated rings. The van der Waals surface area contributed by atoms with Crippen molar-refractivity contribution in [3.63, 3.8) is 0 Å². The van der Waals surface area contributed by atoms with E-state index in [1.807, 2.05) is 0 Å². The number of carbonyl (C=O) groups is 1. The molecule has 0 aromatic heterocycles. The predicted octanol–water partition coefficient (Wildman–Crippen LogP) is 2.99. The summed E-state index contributed by atoms with van der Waals surface area (Å²) in [5.74, 6) is 0. The zero-order valence-corrected chi connectivity index (χ0v) is 13.5. The molecular formula is C16H32N2O. The van der Waals surface area contributed by atoms with E-state index >= 15 is 0 Å². The molecule has 2 unspecified atom stereocenters. The highest BCUT2D eigenvalue weighted by Gasteiger charge is 2.48. The molecular weight excluding hydrogens is 236 g/mol. The Labute approximate surface area is 119 Å². The molecule has 1 N–H and O–H groups in total. The van der Waals surface area contributed by atoms with Crippen LogP contribution >= 0.6 is 0 Å². The first-order valence-electron chi connectivity index (χ1n) is 7.99. The maximum atomic E-state index is 11.6. The summed E-state index contributed by atoms with van der Waals surface area (Å²) in [4.78, 5) is 14.0. The van der Waals surface area contributed by atoms with Crippen LogP contribution < -0.4 is 5.32 Å². The van der Waals surface area contributed by atoms with Gasteiger partial charge in [-0.1, -0.05) is 34.1 Å². The van der Waals surface area contributed by atoms with Crippen LogP contribution in [0.1, 0.15) is 66.7 Å². The summed E-state index contributed by atoms with van der Waals surface area (Å²) in [6.07, 6.45) is 6.74. The van der Waals surface area contributed by atoms with Crippen molar-refractivity contribution < 1.29 is 4.79 Å². The van der Waals surface area contributed by atoms with E-state index in [4.69, 9.17) is 0 Å². The number of piperazine rings is 1. The van der Waals surface area contributed by atoms with Gasteiger partial charge in [0.25, 0.3) is 0 Å². The predicted molar refractivity (Wildman–Crippen MR) is 81.5 cm³/mol. The second kappa shape index (κ2) is 6.85. The van der Waals surface area contributed by atoms with Gasteiger partial charge in [0.05, 0.1) is 6.04 Å². The molecule has 0 radical (unpaired) electrons. The van der Waals surface area contributed by atoms with E-state index in [1.165, 1.54) is 12.8 Å². The number of hydrogen-bond acceptors (Lipinski definition) is 3. The average Bonchev–Trinajstić information content (AvgIpc) is 2.44. The highest BCUT2D eigenvalue weighted by Crippen LogP contribution is 2.32. The molecule has 0 saturated carbocycles. The van der Waals surface area contributed by atoms with Gasteiger partial charge >= 0.3 is 0 Å². The minimum Gasteiger partial charge on any atom is -0.303 e. The molecule has 0 aliphatic carbocycles. The van der Waals surface area contributed by atoms with E-state index in [-0.39, 0.29) is 17.1 Å². The third kappa shape index (κ3) is 3.38. The summed E-state index contributed by atoms with van der Waals surface area (Å²) in [5, 5.41) is 3.83. The van der Waals surface area contributed by atoms with Crippen LogP contribution in [0.4, 0.5) is 0 Å². The standard InChI is InChI=1S/C16H32N2O/c1-6-10-11-18-13-16(8-3,9-4)17-15(5,7-2)14(18)12-19/h12,14,17H,6-11,13H2,1-5H3. The lowest BCUT2D eigenvalue weighted by Crippen LogP contribution is -2.74. The van der Waals surface area contributed by atoms with Gasteiger partial charge in [-0.15, -0.1) is 0 Å². The van der Waals surface area contributed by atoms with E-state index in [2.05, 4.69) is 44.8 Å². The topological polar surface area (TPSA) is 32.3 Å². The van der Waals surface area contributed by atoms with E-state index < -0.39 is 0 Å². The van der Waals surface area contributed by atoms with Gasteiger partial charge < -0.3 is 10.1 Å². The first-order chi connectivity index (χ1) is 9.00. The van der Waals surface area contributed by atoms with Crippen LogP contribution in [0.25, 0.3) is 0 Å². The molecule has 1 rings (SSSR count). The van der Waals surface area contributed by atoms with Crippen molar-refractivity contribution in [2.24, 2.45) is 0 Å². The Hall–Kier alpha value is -0.410. The normalized spacial score (nSPS) is 31.3. The summed E-state index contributed by atoms with van der Waals surface area (Å²) < 4.78 is 0. The molecule has 0 aromatic carbocycles. The minimum absolute atomic E-state index is 0.00951. The fourth-order valence-electron chi connectivity index (χ4n) is 3.37. The first-order valence-corrected chi connectivity index (χ1v) is 7.99. The van der Waals surface area contributed by atoms with Gasteiger partial charge in [0.1, 0.15) is 6.29 Å². The van der Waals surface area contributed by atoms with Crippen LogP contribution in [-0.2, 0) is 4.79 Å². The molecule has 2 atom stereocenters. The Balaban J connectivity index is 3.01. The molecule has 1 aliphatic rings. The van der Waals surface area contributed by atoms with Crippen LogP contribution in [0, 0.1) is 0 Å². The summed E-state index contributed by atoms with van der Waals surface area (Å²) in [6.45, 7) is 13.2. The molecule has 1 aliphatic heterocycles. The number of nitrogens with zero attached hydrogens (tertiary/aromatic N) is 1. The number of rotatable bonds is 7. The van der Waals surface area contributed by atoms with Gasteiger partial charge in [-0.25, -0.2) is 0 Å². The van der Waals surface area contributed by atoms with E-state index in [0.717, 1.165) is 38.6 Å². The molecule has 1 saturated heterocycles. The summed E-state index contributed by atoms with van der Waals surface area (Å²) >= 11 is 0. The molecule has 3 heteroatoms. The molecule has 1 heterocycles. The lowest BCUT2D eigenvalue weighted by Gasteiger charge is -2.55. The molecule has 19 heavy (non-hydrogen) atoms. The van der Waals surface area contributed by atoms with Gasteiger partial charge in [-0.3, -0.25) is 4.90 Å². The number of aldehydes is 1. The molecule has 0 bridgehead atoms. The number of hydrogen-bond donors (Lipinski definition) is 1. The van der Waals surface area contributed by atoms with E-state index in [1.54, 1.807) is 0 Å². The Morgan fingerprint density at radius 3 is 2.26 bits per heavy atom. The monoisotopic (exact) mass is 268 g/mol. The zero-order valence-electron chi connectivity index (χ0n) is 13.5. The van der Waals surface area contributed by atoms with Gasteiger partial charge in [0.2, 0.25) is 0 Å². The summed E-state index contributed by atoms with van der Waals surface area (Å²) in [7, 11) is 0. The second-order valence-corrected chi connectivity index (χ2v) is 6.29. The van der Waals surface area contributed by atoms with Crippen molar-refractivity contribution in [2.75, 3.05) is 13.1 Å². The van der Waals surface area contributed by atoms with Gasteiger partial charge in [-0.05, 0) is 39.2 Å². The lowest BCUT2D eigenvalue weighted by atomic mass is 9.78. The van der Waals surface area contributed by atoms with Crippen molar-refractivity contribution >= 4 is 6.29 Å². The Bertz CT molecular complexity index is 288. The molecule has 0 aromatic rings. The first kappa shape index (κ1) is 16.6. The van der Waals surface area contributed by atoms with Crippen molar-refractivity contribution in [1.82, 2.24) is 10.2 Å². The SMILES string of the molecule is CCCCN1CC(CC)(CC)NC(C)(CC)C1C=O. The highest BCUT2D eigenvalue weighted by molar-refractivity contribution is 5.61. The minimum atomic E-state index is -0.0975. The van der Waals surface area contributed by atoms with Gasteiger partial charge in [-0.2, -0.15) is 0 Å². The van der Waals surface area contributed by atoms with Crippen molar-refractivity contribution in [2.45, 2.75) is 83.8 Å². The number of unbranched alkanes of at least 4 members (excludes halogenated alkanes) is 1.